The maximum absolute atomic E-state index is 12.6. The number of benzene rings is 1. The molecule has 0 radical (unpaired) electrons. The molecule has 0 aliphatic carbocycles. The van der Waals surface area contributed by atoms with Gasteiger partial charge in [0.15, 0.2) is 0 Å². The Balaban J connectivity index is 1.65. The number of halogens is 1. The Hall–Kier alpha value is -1.14. The number of hydrogen-bond donors (Lipinski definition) is 2. The summed E-state index contributed by atoms with van der Waals surface area (Å²) in [7, 11) is 2.18. The highest BCUT2D eigenvalue weighted by Crippen LogP contribution is 2.25. The zero-order valence-corrected chi connectivity index (χ0v) is 16.6. The second-order valence-electron chi connectivity index (χ2n) is 7.61. The number of rotatable bonds is 6. The number of piperidine rings is 1. The van der Waals surface area contributed by atoms with Gasteiger partial charge in [0.05, 0.1) is 6.04 Å². The largest absolute Gasteiger partial charge is 0.355 e. The lowest BCUT2D eigenvalue weighted by molar-refractivity contribution is -0.125. The van der Waals surface area contributed by atoms with Crippen molar-refractivity contribution in [3.05, 3.63) is 34.9 Å². The summed E-state index contributed by atoms with van der Waals surface area (Å²) in [6, 6.07) is 8.76. The summed E-state index contributed by atoms with van der Waals surface area (Å²) < 4.78 is 0. The first-order valence-electron chi connectivity index (χ1n) is 9.76. The van der Waals surface area contributed by atoms with E-state index in [0.717, 1.165) is 36.6 Å². The molecule has 1 aromatic carbocycles. The fraction of sp³-hybridized carbons (Fsp3) is 0.650. The summed E-state index contributed by atoms with van der Waals surface area (Å²) in [4.78, 5) is 17.3. The monoisotopic (exact) mass is 378 g/mol. The van der Waals surface area contributed by atoms with E-state index in [0.29, 0.717) is 25.2 Å². The Morgan fingerprint density at radius 2 is 1.96 bits per heavy atom. The van der Waals surface area contributed by atoms with Crippen LogP contribution in [0.1, 0.15) is 31.7 Å². The molecule has 2 saturated heterocycles. The minimum absolute atomic E-state index is 0.0880. The summed E-state index contributed by atoms with van der Waals surface area (Å²) in [6.07, 6.45) is 3.23. The van der Waals surface area contributed by atoms with Crippen LogP contribution >= 0.6 is 11.6 Å². The van der Waals surface area contributed by atoms with Crippen LogP contribution in [0.2, 0.25) is 5.02 Å². The molecule has 0 spiro atoms. The third-order valence-electron chi connectivity index (χ3n) is 5.58. The Morgan fingerprint density at radius 1 is 1.23 bits per heavy atom. The van der Waals surface area contributed by atoms with E-state index >= 15 is 0 Å². The lowest BCUT2D eigenvalue weighted by Gasteiger charge is -2.31. The van der Waals surface area contributed by atoms with Gasteiger partial charge in [-0.15, -0.1) is 0 Å². The van der Waals surface area contributed by atoms with E-state index in [1.807, 2.05) is 25.1 Å². The lowest BCUT2D eigenvalue weighted by Crippen LogP contribution is -2.46. The first kappa shape index (κ1) is 19.6. The number of likely N-dealkylation sites (tertiary alicyclic amines) is 2. The molecule has 2 atom stereocenters. The summed E-state index contributed by atoms with van der Waals surface area (Å²) >= 11 is 6.35. The van der Waals surface area contributed by atoms with Crippen molar-refractivity contribution in [3.63, 3.8) is 0 Å². The smallest absolute Gasteiger partial charge is 0.237 e. The molecule has 0 bridgehead atoms. The second-order valence-corrected chi connectivity index (χ2v) is 8.02. The molecule has 5 nitrogen and oxygen atoms in total. The summed E-state index contributed by atoms with van der Waals surface area (Å²) in [5.74, 6) is 0.132. The number of likely N-dealkylation sites (N-methyl/N-ethyl adjacent to an activating group) is 1. The highest BCUT2D eigenvalue weighted by Gasteiger charge is 2.37. The van der Waals surface area contributed by atoms with Crippen molar-refractivity contribution in [2.75, 3.05) is 33.2 Å². The standard InChI is InChI=1S/C20H31ClN4O/c1-3-22-20(26)19-12-17(23-16-8-10-24(2)11-9-16)14-25(19)13-15-6-4-5-7-18(15)21/h4-7,16-17,19,23H,3,8-14H2,1-2H3,(H,22,26)/t17-,19-/m0/s1. The Bertz CT molecular complexity index is 603. The minimum atomic E-state index is -0.0880. The third-order valence-corrected chi connectivity index (χ3v) is 5.95. The Labute approximate surface area is 162 Å². The van der Waals surface area contributed by atoms with Gasteiger partial charge in [0.2, 0.25) is 5.91 Å². The van der Waals surface area contributed by atoms with Gasteiger partial charge in [-0.1, -0.05) is 29.8 Å². The average Bonchev–Trinajstić information content (AvgIpc) is 3.02. The molecule has 2 N–H and O–H groups in total. The molecule has 2 aliphatic rings. The predicted octanol–water partition coefficient (Wildman–Crippen LogP) is 2.10. The minimum Gasteiger partial charge on any atom is -0.355 e. The fourth-order valence-corrected chi connectivity index (χ4v) is 4.31. The quantitative estimate of drug-likeness (QED) is 0.795. The first-order valence-corrected chi connectivity index (χ1v) is 10.1. The molecule has 2 aliphatic heterocycles. The maximum atomic E-state index is 12.6. The van der Waals surface area contributed by atoms with E-state index < -0.39 is 0 Å². The molecule has 0 unspecified atom stereocenters. The molecule has 3 rings (SSSR count). The first-order chi connectivity index (χ1) is 12.6. The van der Waals surface area contributed by atoms with E-state index in [-0.39, 0.29) is 11.9 Å². The number of nitrogens with one attached hydrogen (secondary N) is 2. The molecule has 26 heavy (non-hydrogen) atoms. The van der Waals surface area contributed by atoms with Crippen molar-refractivity contribution >= 4 is 17.5 Å². The lowest BCUT2D eigenvalue weighted by atomic mass is 10.0. The van der Waals surface area contributed by atoms with Crippen LogP contribution in [-0.4, -0.2) is 67.1 Å². The van der Waals surface area contributed by atoms with Crippen LogP contribution in [0, 0.1) is 0 Å². The van der Waals surface area contributed by atoms with Gasteiger partial charge in [0.1, 0.15) is 0 Å². The predicted molar refractivity (Wildman–Crippen MR) is 106 cm³/mol. The zero-order chi connectivity index (χ0) is 18.5. The van der Waals surface area contributed by atoms with E-state index in [2.05, 4.69) is 33.5 Å². The second kappa shape index (κ2) is 9.18. The topological polar surface area (TPSA) is 47.6 Å². The molecule has 0 aromatic heterocycles. The van der Waals surface area contributed by atoms with Crippen LogP contribution < -0.4 is 10.6 Å². The van der Waals surface area contributed by atoms with Crippen LogP contribution in [-0.2, 0) is 11.3 Å². The van der Waals surface area contributed by atoms with Gasteiger partial charge in [-0.3, -0.25) is 9.69 Å². The van der Waals surface area contributed by atoms with E-state index in [4.69, 9.17) is 11.6 Å². The van der Waals surface area contributed by atoms with Gasteiger partial charge in [-0.05, 0) is 58.0 Å². The normalized spacial score (nSPS) is 25.5. The molecule has 1 aromatic rings. The van der Waals surface area contributed by atoms with Crippen molar-refractivity contribution in [3.8, 4) is 0 Å². The highest BCUT2D eigenvalue weighted by atomic mass is 35.5. The van der Waals surface area contributed by atoms with E-state index in [1.165, 1.54) is 12.8 Å². The number of amides is 1. The Morgan fingerprint density at radius 3 is 2.65 bits per heavy atom. The third kappa shape index (κ3) is 4.97. The number of carbonyl (C=O) groups excluding carboxylic acids is 1. The highest BCUT2D eigenvalue weighted by molar-refractivity contribution is 6.31. The molecular weight excluding hydrogens is 348 g/mol. The van der Waals surface area contributed by atoms with E-state index in [1.54, 1.807) is 0 Å². The van der Waals surface area contributed by atoms with Crippen LogP contribution in [0.25, 0.3) is 0 Å². The molecule has 2 fully saturated rings. The number of carbonyl (C=O) groups is 1. The van der Waals surface area contributed by atoms with Crippen molar-refractivity contribution < 1.29 is 4.79 Å². The van der Waals surface area contributed by atoms with Crippen molar-refractivity contribution in [1.82, 2.24) is 20.4 Å². The summed E-state index contributed by atoms with van der Waals surface area (Å²) in [6.45, 7) is 6.54. The molecular formula is C20H31ClN4O. The van der Waals surface area contributed by atoms with Crippen molar-refractivity contribution in [2.24, 2.45) is 0 Å². The summed E-state index contributed by atoms with van der Waals surface area (Å²) in [5, 5.41) is 7.59. The fourth-order valence-electron chi connectivity index (χ4n) is 4.12. The van der Waals surface area contributed by atoms with Crippen LogP contribution in [0.4, 0.5) is 0 Å². The molecule has 144 valence electrons. The summed E-state index contributed by atoms with van der Waals surface area (Å²) in [5.41, 5.74) is 1.09. The van der Waals surface area contributed by atoms with E-state index in [9.17, 15) is 4.79 Å². The SMILES string of the molecule is CCNC(=O)[C@@H]1C[C@H](NC2CCN(C)CC2)CN1Cc1ccccc1Cl. The average molecular weight is 379 g/mol. The molecule has 0 saturated carbocycles. The van der Waals surface area contributed by atoms with Crippen molar-refractivity contribution in [1.29, 1.82) is 0 Å². The van der Waals surface area contributed by atoms with Gasteiger partial charge in [-0.2, -0.15) is 0 Å². The Kier molecular flexibility index (Phi) is 6.92. The van der Waals surface area contributed by atoms with Gasteiger partial charge in [0.25, 0.3) is 0 Å². The van der Waals surface area contributed by atoms with Crippen LogP contribution in [0.15, 0.2) is 24.3 Å². The van der Waals surface area contributed by atoms with Crippen molar-refractivity contribution in [2.45, 2.75) is 50.9 Å². The van der Waals surface area contributed by atoms with Gasteiger partial charge in [-0.25, -0.2) is 0 Å². The zero-order valence-electron chi connectivity index (χ0n) is 15.9. The van der Waals surface area contributed by atoms with Gasteiger partial charge >= 0.3 is 0 Å². The maximum Gasteiger partial charge on any atom is 0.237 e. The molecule has 2 heterocycles. The van der Waals surface area contributed by atoms with Gasteiger partial charge in [0, 0.05) is 36.7 Å². The molecule has 1 amide bonds. The van der Waals surface area contributed by atoms with Gasteiger partial charge < -0.3 is 15.5 Å². The molecule has 6 heteroatoms. The van der Waals surface area contributed by atoms with Crippen LogP contribution in [0.3, 0.4) is 0 Å². The number of hydrogen-bond acceptors (Lipinski definition) is 4. The van der Waals surface area contributed by atoms with Crippen LogP contribution in [0.5, 0.6) is 0 Å². The number of nitrogens with zero attached hydrogens (tertiary/aromatic N) is 2.